The maximum absolute atomic E-state index is 13.1. The molecule has 7 nitrogen and oxygen atoms in total. The first kappa shape index (κ1) is 20.0. The fraction of sp³-hybridized carbons (Fsp3) is 0.227. The van der Waals surface area contributed by atoms with Crippen molar-refractivity contribution in [3.05, 3.63) is 82.2 Å². The van der Waals surface area contributed by atoms with E-state index in [9.17, 15) is 4.79 Å². The van der Waals surface area contributed by atoms with Crippen LogP contribution in [0.1, 0.15) is 39.3 Å². The van der Waals surface area contributed by atoms with Crippen LogP contribution in [0.5, 0.6) is 0 Å². The molecule has 154 valence electrons. The highest BCUT2D eigenvalue weighted by Crippen LogP contribution is 2.31. The first-order valence-electron chi connectivity index (χ1n) is 9.51. The number of amides is 1. The van der Waals surface area contributed by atoms with Crippen molar-refractivity contribution in [3.8, 4) is 11.3 Å². The van der Waals surface area contributed by atoms with E-state index in [0.29, 0.717) is 33.4 Å². The smallest absolute Gasteiger partial charge is 0.257 e. The number of hydrogen-bond donors (Lipinski definition) is 1. The van der Waals surface area contributed by atoms with Crippen molar-refractivity contribution in [2.45, 2.75) is 26.8 Å². The van der Waals surface area contributed by atoms with Crippen LogP contribution in [-0.2, 0) is 0 Å². The topological polar surface area (TPSA) is 86.1 Å². The number of benzene rings is 1. The zero-order valence-electron chi connectivity index (χ0n) is 16.8. The summed E-state index contributed by atoms with van der Waals surface area (Å²) in [6, 6.07) is 12.6. The Balaban J connectivity index is 1.62. The second-order valence-corrected chi connectivity index (χ2v) is 7.46. The molecule has 1 amide bonds. The number of aromatic nitrogens is 3. The molecule has 8 heteroatoms. The van der Waals surface area contributed by atoms with Crippen molar-refractivity contribution in [1.82, 2.24) is 20.3 Å². The quantitative estimate of drug-likeness (QED) is 0.483. The molecule has 0 saturated carbocycles. The van der Waals surface area contributed by atoms with Crippen LogP contribution >= 0.6 is 11.6 Å². The molecule has 0 aliphatic carbocycles. The third kappa shape index (κ3) is 3.76. The summed E-state index contributed by atoms with van der Waals surface area (Å²) in [7, 11) is 0. The fourth-order valence-corrected chi connectivity index (χ4v) is 3.73. The van der Waals surface area contributed by atoms with Gasteiger partial charge in [-0.15, -0.1) is 0 Å². The van der Waals surface area contributed by atoms with Crippen molar-refractivity contribution in [1.29, 1.82) is 0 Å². The molecule has 1 N–H and O–H groups in total. The molecule has 1 aromatic carbocycles. The van der Waals surface area contributed by atoms with Crippen LogP contribution in [0.25, 0.3) is 11.3 Å². The Morgan fingerprint density at radius 3 is 2.67 bits per heavy atom. The monoisotopic (exact) mass is 424 g/mol. The summed E-state index contributed by atoms with van der Waals surface area (Å²) in [6.07, 6.45) is 1.61. The molecule has 0 saturated heterocycles. The Hall–Kier alpha value is -3.32. The summed E-state index contributed by atoms with van der Waals surface area (Å²) in [5, 5.41) is 12.1. The van der Waals surface area contributed by atoms with E-state index in [1.165, 1.54) is 0 Å². The zero-order chi connectivity index (χ0) is 21.3. The molecule has 0 spiro atoms. The molecule has 0 aliphatic rings. The molecule has 0 bridgehead atoms. The Labute approximate surface area is 178 Å². The molecule has 4 rings (SSSR count). The van der Waals surface area contributed by atoms with Crippen LogP contribution < -0.4 is 5.32 Å². The molecule has 4 aromatic rings. The van der Waals surface area contributed by atoms with Gasteiger partial charge in [-0.3, -0.25) is 9.48 Å². The number of carbonyl (C=O) groups excluding carboxylic acids is 1. The summed E-state index contributed by atoms with van der Waals surface area (Å²) in [4.78, 5) is 13.1. The average molecular weight is 425 g/mol. The fourth-order valence-electron chi connectivity index (χ4n) is 3.50. The molecule has 30 heavy (non-hydrogen) atoms. The van der Waals surface area contributed by atoms with Crippen molar-refractivity contribution in [2.75, 3.05) is 6.54 Å². The predicted octanol–water partition coefficient (Wildman–Crippen LogP) is 4.73. The van der Waals surface area contributed by atoms with Gasteiger partial charge in [-0.1, -0.05) is 35.0 Å². The van der Waals surface area contributed by atoms with E-state index in [1.54, 1.807) is 25.3 Å². The molecule has 1 unspecified atom stereocenters. The van der Waals surface area contributed by atoms with Gasteiger partial charge in [-0.05, 0) is 45.0 Å². The minimum atomic E-state index is -0.304. The first-order chi connectivity index (χ1) is 14.5. The second kappa shape index (κ2) is 8.20. The van der Waals surface area contributed by atoms with Gasteiger partial charge >= 0.3 is 0 Å². The normalized spacial score (nSPS) is 12.1. The largest absolute Gasteiger partial charge is 0.467 e. The molecule has 0 fully saturated rings. The molecule has 3 heterocycles. The highest BCUT2D eigenvalue weighted by Gasteiger charge is 2.25. The third-order valence-electron chi connectivity index (χ3n) is 4.89. The van der Waals surface area contributed by atoms with Gasteiger partial charge in [0.1, 0.15) is 28.8 Å². The molecular formula is C22H21ClN4O3. The summed E-state index contributed by atoms with van der Waals surface area (Å²) in [6.45, 7) is 5.88. The van der Waals surface area contributed by atoms with Crippen LogP contribution in [0.4, 0.5) is 0 Å². The van der Waals surface area contributed by atoms with Gasteiger partial charge in [0.05, 0.1) is 17.0 Å². The average Bonchev–Trinajstić information content (AvgIpc) is 3.44. The standard InChI is InChI=1S/C22H21ClN4O3/c1-13-11-14(2)27(25-13)18(19-9-6-10-29-19)12-24-22(28)20-15(3)30-26-21(20)16-7-4-5-8-17(16)23/h4-11,18H,12H2,1-3H3,(H,24,28). The zero-order valence-corrected chi connectivity index (χ0v) is 17.6. The van der Waals surface area contributed by atoms with E-state index < -0.39 is 0 Å². The molecule has 0 radical (unpaired) electrons. The number of rotatable bonds is 6. The van der Waals surface area contributed by atoms with Gasteiger partial charge in [-0.2, -0.15) is 5.10 Å². The van der Waals surface area contributed by atoms with Crippen molar-refractivity contribution in [2.24, 2.45) is 0 Å². The Bertz CT molecular complexity index is 1180. The number of nitrogens with one attached hydrogen (secondary N) is 1. The van der Waals surface area contributed by atoms with E-state index in [0.717, 1.165) is 11.4 Å². The van der Waals surface area contributed by atoms with E-state index in [4.69, 9.17) is 20.5 Å². The number of aryl methyl sites for hydroxylation is 3. The number of hydrogen-bond acceptors (Lipinski definition) is 5. The highest BCUT2D eigenvalue weighted by molar-refractivity contribution is 6.33. The van der Waals surface area contributed by atoms with Gasteiger partial charge in [0, 0.05) is 17.8 Å². The van der Waals surface area contributed by atoms with Crippen LogP contribution in [0.2, 0.25) is 5.02 Å². The lowest BCUT2D eigenvalue weighted by Crippen LogP contribution is -2.32. The van der Waals surface area contributed by atoms with Gasteiger partial charge in [-0.25, -0.2) is 0 Å². The van der Waals surface area contributed by atoms with E-state index in [1.807, 2.05) is 48.9 Å². The Morgan fingerprint density at radius 1 is 1.20 bits per heavy atom. The Kier molecular flexibility index (Phi) is 5.46. The van der Waals surface area contributed by atoms with E-state index in [2.05, 4.69) is 15.6 Å². The Morgan fingerprint density at radius 2 is 2.00 bits per heavy atom. The second-order valence-electron chi connectivity index (χ2n) is 7.06. The maximum atomic E-state index is 13.1. The summed E-state index contributed by atoms with van der Waals surface area (Å²) < 4.78 is 12.8. The lowest BCUT2D eigenvalue weighted by Gasteiger charge is -2.18. The number of nitrogens with zero attached hydrogens (tertiary/aromatic N) is 3. The maximum Gasteiger partial charge on any atom is 0.257 e. The number of furan rings is 1. The van der Waals surface area contributed by atoms with E-state index in [-0.39, 0.29) is 18.5 Å². The van der Waals surface area contributed by atoms with Gasteiger partial charge < -0.3 is 14.3 Å². The van der Waals surface area contributed by atoms with Crippen molar-refractivity contribution >= 4 is 17.5 Å². The minimum absolute atomic E-state index is 0.279. The lowest BCUT2D eigenvalue weighted by atomic mass is 10.1. The lowest BCUT2D eigenvalue weighted by molar-refractivity contribution is 0.0947. The third-order valence-corrected chi connectivity index (χ3v) is 5.22. The summed E-state index contributed by atoms with van der Waals surface area (Å²) >= 11 is 6.30. The first-order valence-corrected chi connectivity index (χ1v) is 9.89. The van der Waals surface area contributed by atoms with Crippen molar-refractivity contribution in [3.63, 3.8) is 0 Å². The number of carbonyl (C=O) groups is 1. The van der Waals surface area contributed by atoms with Crippen LogP contribution in [0.3, 0.4) is 0 Å². The predicted molar refractivity (Wildman–Crippen MR) is 113 cm³/mol. The van der Waals surface area contributed by atoms with Gasteiger partial charge in [0.2, 0.25) is 0 Å². The summed E-state index contributed by atoms with van der Waals surface area (Å²) in [5.41, 5.74) is 3.28. The van der Waals surface area contributed by atoms with Crippen LogP contribution in [0.15, 0.2) is 57.7 Å². The molecule has 0 aliphatic heterocycles. The molecule has 3 aromatic heterocycles. The number of halogens is 1. The minimum Gasteiger partial charge on any atom is -0.467 e. The van der Waals surface area contributed by atoms with Crippen LogP contribution in [-0.4, -0.2) is 27.4 Å². The highest BCUT2D eigenvalue weighted by atomic mass is 35.5. The van der Waals surface area contributed by atoms with E-state index >= 15 is 0 Å². The summed E-state index contributed by atoms with van der Waals surface area (Å²) in [5.74, 6) is 0.819. The molecular weight excluding hydrogens is 404 g/mol. The molecule has 1 atom stereocenters. The SMILES string of the molecule is Cc1cc(C)n(C(CNC(=O)c2c(-c3ccccc3Cl)noc2C)c2ccco2)n1. The van der Waals surface area contributed by atoms with Gasteiger partial charge in [0.25, 0.3) is 5.91 Å². The van der Waals surface area contributed by atoms with Gasteiger partial charge in [0.15, 0.2) is 0 Å². The van der Waals surface area contributed by atoms with Crippen LogP contribution in [0, 0.1) is 20.8 Å². The van der Waals surface area contributed by atoms with Crippen molar-refractivity contribution < 1.29 is 13.7 Å².